The standard InChI is InChI=1S/C53H40NS/c1-38-32-51(52-47(41-24-12-4-13-25-41)33-45(39-20-8-2-9-21-39)34-48(52)42-26-14-5-15-27-42)55-37-54(38)53-49(43-28-16-6-17-29-43)35-46(40-22-10-3-11-23-40)36-50(53)44-30-18-7-19-31-44/h2-36H,37H2,1H3/q+1. The second-order valence-corrected chi connectivity index (χ2v) is 14.9. The van der Waals surface area contributed by atoms with Crippen LogP contribution in [0.15, 0.2) is 212 Å². The minimum Gasteiger partial charge on any atom is -0.185 e. The lowest BCUT2D eigenvalue weighted by Gasteiger charge is -2.23. The molecule has 262 valence electrons. The van der Waals surface area contributed by atoms with Gasteiger partial charge in [0.1, 0.15) is 0 Å². The summed E-state index contributed by atoms with van der Waals surface area (Å²) < 4.78 is 2.52. The topological polar surface area (TPSA) is 3.01 Å². The maximum Gasteiger partial charge on any atom is 0.221 e. The molecule has 0 spiro atoms. The zero-order valence-corrected chi connectivity index (χ0v) is 31.6. The Kier molecular flexibility index (Phi) is 9.65. The first kappa shape index (κ1) is 34.3. The van der Waals surface area contributed by atoms with Gasteiger partial charge in [-0.15, -0.1) is 0 Å². The predicted molar refractivity (Wildman–Crippen MR) is 237 cm³/mol. The lowest BCUT2D eigenvalue weighted by molar-refractivity contribution is -0.414. The van der Waals surface area contributed by atoms with E-state index in [1.54, 1.807) is 0 Å². The Balaban J connectivity index is 1.30. The summed E-state index contributed by atoms with van der Waals surface area (Å²) in [5.41, 5.74) is 18.3. The normalized spacial score (nSPS) is 12.7. The Labute approximate surface area is 328 Å². The zero-order chi connectivity index (χ0) is 37.0. The van der Waals surface area contributed by atoms with Crippen molar-refractivity contribution < 1.29 is 4.58 Å². The monoisotopic (exact) mass is 722 g/mol. The minimum atomic E-state index is 0.769. The third-order valence-corrected chi connectivity index (χ3v) is 11.5. The molecule has 0 aromatic heterocycles. The molecule has 55 heavy (non-hydrogen) atoms. The number of hydrogen-bond acceptors (Lipinski definition) is 1. The first-order valence-electron chi connectivity index (χ1n) is 18.9. The molecule has 0 saturated carbocycles. The van der Waals surface area contributed by atoms with E-state index in [2.05, 4.69) is 224 Å². The van der Waals surface area contributed by atoms with Gasteiger partial charge in [-0.2, -0.15) is 4.58 Å². The van der Waals surface area contributed by atoms with Gasteiger partial charge < -0.3 is 0 Å². The lowest BCUT2D eigenvalue weighted by Crippen LogP contribution is -2.18. The van der Waals surface area contributed by atoms with Gasteiger partial charge in [0.15, 0.2) is 11.6 Å². The predicted octanol–water partition coefficient (Wildman–Crippen LogP) is 14.5. The highest BCUT2D eigenvalue weighted by molar-refractivity contribution is 8.08. The van der Waals surface area contributed by atoms with Gasteiger partial charge in [0.25, 0.3) is 0 Å². The van der Waals surface area contributed by atoms with E-state index in [4.69, 9.17) is 0 Å². The van der Waals surface area contributed by atoms with Crippen molar-refractivity contribution in [2.75, 3.05) is 5.88 Å². The van der Waals surface area contributed by atoms with Crippen LogP contribution in [0.2, 0.25) is 0 Å². The van der Waals surface area contributed by atoms with Crippen LogP contribution in [0.1, 0.15) is 12.5 Å². The molecule has 0 radical (unpaired) electrons. The van der Waals surface area contributed by atoms with Crippen molar-refractivity contribution in [2.45, 2.75) is 6.92 Å². The third kappa shape index (κ3) is 7.01. The molecule has 1 aliphatic rings. The lowest BCUT2D eigenvalue weighted by atomic mass is 9.87. The number of hydrogen-bond donors (Lipinski definition) is 0. The highest BCUT2D eigenvalue weighted by Gasteiger charge is 2.30. The highest BCUT2D eigenvalue weighted by atomic mass is 32.2. The number of thioether (sulfide) groups is 1. The van der Waals surface area contributed by atoms with Crippen molar-refractivity contribution in [3.8, 4) is 66.8 Å². The molecule has 1 heterocycles. The Bertz CT molecular complexity index is 2530. The van der Waals surface area contributed by atoms with Crippen LogP contribution in [0.4, 0.5) is 5.69 Å². The van der Waals surface area contributed by atoms with Crippen molar-refractivity contribution in [1.82, 2.24) is 0 Å². The Morgan fingerprint density at radius 3 is 1.02 bits per heavy atom. The van der Waals surface area contributed by atoms with E-state index in [-0.39, 0.29) is 0 Å². The number of benzene rings is 8. The molecular formula is C53H40NS+. The summed E-state index contributed by atoms with van der Waals surface area (Å²) in [5, 5.41) is 0. The molecular weight excluding hydrogens is 683 g/mol. The van der Waals surface area contributed by atoms with Crippen molar-refractivity contribution in [3.05, 3.63) is 218 Å². The highest BCUT2D eigenvalue weighted by Crippen LogP contribution is 2.48. The summed E-state index contributed by atoms with van der Waals surface area (Å²) in [5.74, 6) is 0.769. The molecule has 0 atom stereocenters. The largest absolute Gasteiger partial charge is 0.221 e. The quantitative estimate of drug-likeness (QED) is 0.141. The molecule has 1 nitrogen and oxygen atoms in total. The second-order valence-electron chi connectivity index (χ2n) is 13.9. The first-order chi connectivity index (χ1) is 27.2. The van der Waals surface area contributed by atoms with Crippen molar-refractivity contribution in [3.63, 3.8) is 0 Å². The SMILES string of the molecule is CC1=[N+](c2c(-c3ccccc3)cc(-c3ccccc3)cc2-c2ccccc2)CSC(c2c(-c3ccccc3)cc(-c3ccccc3)cc2-c2ccccc2)=C1. The molecule has 0 unspecified atom stereocenters. The number of nitrogens with zero attached hydrogens (tertiary/aromatic N) is 1. The van der Waals surface area contributed by atoms with Gasteiger partial charge in [0, 0.05) is 23.5 Å². The van der Waals surface area contributed by atoms with Crippen molar-refractivity contribution in [1.29, 1.82) is 0 Å². The number of allylic oxidation sites excluding steroid dienone is 1. The van der Waals surface area contributed by atoms with Gasteiger partial charge in [-0.05, 0) is 79.9 Å². The van der Waals surface area contributed by atoms with Gasteiger partial charge in [0.2, 0.25) is 5.69 Å². The van der Waals surface area contributed by atoms with E-state index in [0.29, 0.717) is 0 Å². The summed E-state index contributed by atoms with van der Waals surface area (Å²) in [6.07, 6.45) is 2.42. The summed E-state index contributed by atoms with van der Waals surface area (Å²) >= 11 is 1.92. The van der Waals surface area contributed by atoms with Crippen LogP contribution in [0.3, 0.4) is 0 Å². The summed E-state index contributed by atoms with van der Waals surface area (Å²) in [6, 6.07) is 74.5. The van der Waals surface area contributed by atoms with E-state index < -0.39 is 0 Å². The summed E-state index contributed by atoms with van der Waals surface area (Å²) in [6.45, 7) is 2.27. The molecule has 9 rings (SSSR count). The van der Waals surface area contributed by atoms with E-state index >= 15 is 0 Å². The molecule has 2 heteroatoms. The van der Waals surface area contributed by atoms with Crippen LogP contribution in [0, 0.1) is 0 Å². The summed E-state index contributed by atoms with van der Waals surface area (Å²) in [7, 11) is 0. The molecule has 0 aliphatic carbocycles. The van der Waals surface area contributed by atoms with E-state index in [1.807, 2.05) is 11.8 Å². The van der Waals surface area contributed by atoms with E-state index in [0.717, 1.165) is 5.88 Å². The third-order valence-electron chi connectivity index (χ3n) is 10.4. The fraction of sp³-hybridized carbons (Fsp3) is 0.0377. The van der Waals surface area contributed by atoms with Gasteiger partial charge in [-0.3, -0.25) is 0 Å². The maximum absolute atomic E-state index is 2.52. The molecule has 0 bridgehead atoms. The van der Waals surface area contributed by atoms with Crippen LogP contribution < -0.4 is 0 Å². The van der Waals surface area contributed by atoms with Crippen LogP contribution in [-0.4, -0.2) is 16.2 Å². The second kappa shape index (κ2) is 15.5. The smallest absolute Gasteiger partial charge is 0.185 e. The van der Waals surface area contributed by atoms with E-state index in [9.17, 15) is 0 Å². The van der Waals surface area contributed by atoms with Crippen LogP contribution in [0.5, 0.6) is 0 Å². The molecule has 8 aromatic carbocycles. The Hall–Kier alpha value is -6.48. The van der Waals surface area contributed by atoms with E-state index in [1.165, 1.54) is 88.6 Å². The Morgan fingerprint density at radius 2 is 0.673 bits per heavy atom. The van der Waals surface area contributed by atoms with Crippen molar-refractivity contribution >= 4 is 28.1 Å². The fourth-order valence-corrected chi connectivity index (χ4v) is 8.94. The average Bonchev–Trinajstić information content (AvgIpc) is 3.27. The Morgan fingerprint density at radius 1 is 0.364 bits per heavy atom. The maximum atomic E-state index is 2.52. The summed E-state index contributed by atoms with van der Waals surface area (Å²) in [4.78, 5) is 1.27. The van der Waals surface area contributed by atoms with Crippen molar-refractivity contribution in [2.24, 2.45) is 0 Å². The molecule has 0 amide bonds. The molecule has 0 N–H and O–H groups in total. The minimum absolute atomic E-state index is 0.769. The average molecular weight is 723 g/mol. The van der Waals surface area contributed by atoms with Gasteiger partial charge >= 0.3 is 0 Å². The van der Waals surface area contributed by atoms with Gasteiger partial charge in [0.05, 0.1) is 11.1 Å². The van der Waals surface area contributed by atoms with Gasteiger partial charge in [-0.1, -0.05) is 194 Å². The van der Waals surface area contributed by atoms with Crippen LogP contribution in [-0.2, 0) is 0 Å². The molecule has 0 fully saturated rings. The zero-order valence-electron chi connectivity index (χ0n) is 30.8. The van der Waals surface area contributed by atoms with Gasteiger partial charge in [-0.25, -0.2) is 0 Å². The number of rotatable bonds is 8. The molecule has 1 aliphatic heterocycles. The van der Waals surface area contributed by atoms with Crippen LogP contribution >= 0.6 is 11.8 Å². The fourth-order valence-electron chi connectivity index (χ4n) is 7.72. The first-order valence-corrected chi connectivity index (χ1v) is 19.8. The molecule has 0 saturated heterocycles. The van der Waals surface area contributed by atoms with Crippen LogP contribution in [0.25, 0.3) is 71.7 Å². The molecule has 8 aromatic rings.